The molecule has 0 saturated carbocycles. The number of carbonyl (C=O) groups is 1. The van der Waals surface area contributed by atoms with Crippen LogP contribution in [-0.2, 0) is 11.2 Å². The van der Waals surface area contributed by atoms with Gasteiger partial charge in [-0.05, 0) is 41.3 Å². The van der Waals surface area contributed by atoms with Gasteiger partial charge in [0.1, 0.15) is 13.2 Å². The second kappa shape index (κ2) is 8.87. The molecule has 1 atom stereocenters. The first-order valence-electron chi connectivity index (χ1n) is 9.41. The molecule has 150 valence electrons. The van der Waals surface area contributed by atoms with Crippen molar-refractivity contribution in [1.29, 1.82) is 0 Å². The van der Waals surface area contributed by atoms with E-state index in [0.717, 1.165) is 22.6 Å². The summed E-state index contributed by atoms with van der Waals surface area (Å²) in [6, 6.07) is 11.2. The van der Waals surface area contributed by atoms with Gasteiger partial charge < -0.3 is 24.3 Å². The molecule has 1 N–H and O–H groups in total. The third kappa shape index (κ3) is 4.50. The predicted molar refractivity (Wildman–Crippen MR) is 106 cm³/mol. The molecule has 6 heteroatoms. The molecule has 0 fully saturated rings. The van der Waals surface area contributed by atoms with Crippen molar-refractivity contribution in [2.45, 2.75) is 26.3 Å². The van der Waals surface area contributed by atoms with Crippen LogP contribution >= 0.6 is 0 Å². The molecule has 3 rings (SSSR count). The van der Waals surface area contributed by atoms with E-state index in [1.165, 1.54) is 0 Å². The van der Waals surface area contributed by atoms with Gasteiger partial charge in [-0.15, -0.1) is 0 Å². The van der Waals surface area contributed by atoms with E-state index in [4.69, 9.17) is 18.9 Å². The molecular weight excluding hydrogens is 358 g/mol. The highest BCUT2D eigenvalue weighted by Gasteiger charge is 2.21. The second-order valence-corrected chi connectivity index (χ2v) is 7.06. The molecule has 1 aliphatic heterocycles. The first kappa shape index (κ1) is 19.9. The van der Waals surface area contributed by atoms with Gasteiger partial charge in [-0.2, -0.15) is 0 Å². The van der Waals surface area contributed by atoms with Gasteiger partial charge in [-0.1, -0.05) is 26.0 Å². The SMILES string of the molecule is COc1ccc(CC(=O)N[C@H](c2ccc3c(c2)OCCO3)C(C)C)cc1OC. The lowest BCUT2D eigenvalue weighted by atomic mass is 9.95. The zero-order valence-corrected chi connectivity index (χ0v) is 16.8. The molecule has 0 bridgehead atoms. The monoisotopic (exact) mass is 385 g/mol. The molecule has 0 radical (unpaired) electrons. The van der Waals surface area contributed by atoms with E-state index in [0.29, 0.717) is 24.7 Å². The topological polar surface area (TPSA) is 66.0 Å². The van der Waals surface area contributed by atoms with Gasteiger partial charge in [0.25, 0.3) is 0 Å². The fourth-order valence-corrected chi connectivity index (χ4v) is 3.29. The number of nitrogens with one attached hydrogen (secondary N) is 1. The minimum atomic E-state index is -0.122. The predicted octanol–water partition coefficient (Wildman–Crippen LogP) is 3.53. The van der Waals surface area contributed by atoms with Crippen molar-refractivity contribution in [2.24, 2.45) is 5.92 Å². The van der Waals surface area contributed by atoms with Gasteiger partial charge in [0.05, 0.1) is 26.7 Å². The van der Waals surface area contributed by atoms with Crippen molar-refractivity contribution < 1.29 is 23.7 Å². The molecule has 1 aliphatic rings. The zero-order chi connectivity index (χ0) is 20.1. The van der Waals surface area contributed by atoms with Crippen molar-refractivity contribution in [3.8, 4) is 23.0 Å². The van der Waals surface area contributed by atoms with Crippen molar-refractivity contribution in [2.75, 3.05) is 27.4 Å². The number of ether oxygens (including phenoxy) is 4. The summed E-state index contributed by atoms with van der Waals surface area (Å²) in [6.07, 6.45) is 0.258. The van der Waals surface area contributed by atoms with Gasteiger partial charge in [0.2, 0.25) is 5.91 Å². The highest BCUT2D eigenvalue weighted by atomic mass is 16.6. The lowest BCUT2D eigenvalue weighted by molar-refractivity contribution is -0.121. The largest absolute Gasteiger partial charge is 0.493 e. The minimum Gasteiger partial charge on any atom is -0.493 e. The second-order valence-electron chi connectivity index (χ2n) is 7.06. The Morgan fingerprint density at radius 1 is 1.00 bits per heavy atom. The van der Waals surface area contributed by atoms with Crippen molar-refractivity contribution in [3.05, 3.63) is 47.5 Å². The first-order chi connectivity index (χ1) is 13.5. The molecule has 2 aromatic carbocycles. The average molecular weight is 385 g/mol. The van der Waals surface area contributed by atoms with Gasteiger partial charge in [0.15, 0.2) is 23.0 Å². The summed E-state index contributed by atoms with van der Waals surface area (Å²) in [6.45, 7) is 5.26. The van der Waals surface area contributed by atoms with Crippen LogP contribution in [0.3, 0.4) is 0 Å². The Morgan fingerprint density at radius 2 is 1.71 bits per heavy atom. The normalized spacial score (nSPS) is 13.8. The highest BCUT2D eigenvalue weighted by molar-refractivity contribution is 5.79. The van der Waals surface area contributed by atoms with Crippen molar-refractivity contribution >= 4 is 5.91 Å². The molecule has 6 nitrogen and oxygen atoms in total. The van der Waals surface area contributed by atoms with Crippen LogP contribution < -0.4 is 24.3 Å². The standard InChI is InChI=1S/C22H27NO5/c1-14(2)22(16-6-8-18-20(13-16)28-10-9-27-18)23-21(24)12-15-5-7-17(25-3)19(11-15)26-4/h5-8,11,13-14,22H,9-10,12H2,1-4H3,(H,23,24)/t22-/m0/s1. The van der Waals surface area contributed by atoms with Crippen LogP contribution in [0.5, 0.6) is 23.0 Å². The van der Waals surface area contributed by atoms with E-state index >= 15 is 0 Å². The Kier molecular flexibility index (Phi) is 6.29. The number of hydrogen-bond donors (Lipinski definition) is 1. The van der Waals surface area contributed by atoms with Crippen LogP contribution in [0.1, 0.15) is 31.0 Å². The van der Waals surface area contributed by atoms with E-state index in [9.17, 15) is 4.79 Å². The number of benzene rings is 2. The highest BCUT2D eigenvalue weighted by Crippen LogP contribution is 2.34. The zero-order valence-electron chi connectivity index (χ0n) is 16.8. The number of fused-ring (bicyclic) bond motifs is 1. The molecule has 0 saturated heterocycles. The minimum absolute atomic E-state index is 0.0548. The summed E-state index contributed by atoms with van der Waals surface area (Å²) in [5.41, 5.74) is 1.86. The van der Waals surface area contributed by atoms with E-state index in [-0.39, 0.29) is 24.3 Å². The maximum Gasteiger partial charge on any atom is 0.224 e. The van der Waals surface area contributed by atoms with Gasteiger partial charge in [0, 0.05) is 0 Å². The molecule has 2 aromatic rings. The number of methoxy groups -OCH3 is 2. The molecule has 28 heavy (non-hydrogen) atoms. The maximum absolute atomic E-state index is 12.7. The van der Waals surface area contributed by atoms with Crippen molar-refractivity contribution in [1.82, 2.24) is 5.32 Å². The molecule has 1 heterocycles. The van der Waals surface area contributed by atoms with E-state index in [2.05, 4.69) is 19.2 Å². The summed E-state index contributed by atoms with van der Waals surface area (Å²) in [5.74, 6) is 2.89. The summed E-state index contributed by atoms with van der Waals surface area (Å²) < 4.78 is 21.8. The third-order valence-electron chi connectivity index (χ3n) is 4.72. The molecule has 0 aliphatic carbocycles. The van der Waals surface area contributed by atoms with Gasteiger partial charge in [-0.3, -0.25) is 4.79 Å². The summed E-state index contributed by atoms with van der Waals surface area (Å²) in [4.78, 5) is 12.7. The molecule has 0 spiro atoms. The Bertz CT molecular complexity index is 834. The van der Waals surface area contributed by atoms with Crippen LogP contribution in [-0.4, -0.2) is 33.3 Å². The fraction of sp³-hybridized carbons (Fsp3) is 0.409. The third-order valence-corrected chi connectivity index (χ3v) is 4.72. The van der Waals surface area contributed by atoms with Gasteiger partial charge in [-0.25, -0.2) is 0 Å². The molecular formula is C22H27NO5. The lowest BCUT2D eigenvalue weighted by Crippen LogP contribution is -2.33. The van der Waals surface area contributed by atoms with Crippen molar-refractivity contribution in [3.63, 3.8) is 0 Å². The van der Waals surface area contributed by atoms with Crippen LogP contribution in [0.25, 0.3) is 0 Å². The quantitative estimate of drug-likeness (QED) is 0.790. The van der Waals surface area contributed by atoms with Crippen LogP contribution in [0.15, 0.2) is 36.4 Å². The van der Waals surface area contributed by atoms with E-state index in [1.807, 2.05) is 36.4 Å². The Hall–Kier alpha value is -2.89. The average Bonchev–Trinajstić information content (AvgIpc) is 2.71. The molecule has 0 aromatic heterocycles. The summed E-state index contributed by atoms with van der Waals surface area (Å²) in [5, 5.41) is 3.15. The number of amides is 1. The summed E-state index contributed by atoms with van der Waals surface area (Å²) >= 11 is 0. The van der Waals surface area contributed by atoms with E-state index < -0.39 is 0 Å². The smallest absolute Gasteiger partial charge is 0.224 e. The maximum atomic E-state index is 12.7. The first-order valence-corrected chi connectivity index (χ1v) is 9.41. The Balaban J connectivity index is 1.73. The van der Waals surface area contributed by atoms with Gasteiger partial charge >= 0.3 is 0 Å². The van der Waals surface area contributed by atoms with Crippen LogP contribution in [0, 0.1) is 5.92 Å². The number of hydrogen-bond acceptors (Lipinski definition) is 5. The van der Waals surface area contributed by atoms with Crippen LogP contribution in [0.2, 0.25) is 0 Å². The molecule has 1 amide bonds. The van der Waals surface area contributed by atoms with E-state index in [1.54, 1.807) is 14.2 Å². The molecule has 0 unspecified atom stereocenters. The van der Waals surface area contributed by atoms with Crippen LogP contribution in [0.4, 0.5) is 0 Å². The lowest BCUT2D eigenvalue weighted by Gasteiger charge is -2.25. The fourth-order valence-electron chi connectivity index (χ4n) is 3.29. The Morgan fingerprint density at radius 3 is 2.39 bits per heavy atom. The number of rotatable bonds is 7. The Labute approximate surface area is 165 Å². The number of carbonyl (C=O) groups excluding carboxylic acids is 1. The summed E-state index contributed by atoms with van der Waals surface area (Å²) in [7, 11) is 3.17.